The number of carbonyl (C=O) groups is 5. The van der Waals surface area contributed by atoms with Crippen LogP contribution in [-0.2, 0) is 85.3 Å². The first-order valence-corrected chi connectivity index (χ1v) is 22.0. The van der Waals surface area contributed by atoms with E-state index in [2.05, 4.69) is 30.4 Å². The molecule has 0 aromatic heterocycles. The smallest absolute Gasteiger partial charge is 0.330 e. The van der Waals surface area contributed by atoms with Crippen molar-refractivity contribution < 1.29 is 74.3 Å². The van der Waals surface area contributed by atoms with E-state index in [4.69, 9.17) is 38.7 Å². The first-order valence-electron chi connectivity index (χ1n) is 18.9. The van der Waals surface area contributed by atoms with Crippen LogP contribution in [0, 0.1) is 5.41 Å². The number of rotatable bonds is 31. The normalized spacial score (nSPS) is 12.6. The number of nitrogens with two attached hydrogens (primary N) is 2. The molecule has 2 rings (SSSR count). The maximum Gasteiger partial charge on any atom is 0.330 e. The molecule has 0 spiro atoms. The third-order valence-electron chi connectivity index (χ3n) is 8.65. The zero-order chi connectivity index (χ0) is 46.2. The van der Waals surface area contributed by atoms with E-state index in [0.717, 1.165) is 29.4 Å². The van der Waals surface area contributed by atoms with Gasteiger partial charge in [-0.15, -0.1) is 0 Å². The third-order valence-corrected chi connectivity index (χ3v) is 10.5. The SMILES string of the molecule is C=CC(=O)OCC(COCC(CO)(COC(=O)C=C)OC(=O)C=C)(COC(=O)CCNCCc1ccc(S(N)(=O)=O)cc1)COC(=O)CCNCCc1ccc(S(N)(=O)=O)cc1. The van der Waals surface area contributed by atoms with E-state index in [1.165, 1.54) is 24.3 Å². The van der Waals surface area contributed by atoms with E-state index in [1.807, 2.05) is 0 Å². The van der Waals surface area contributed by atoms with E-state index in [1.54, 1.807) is 24.3 Å². The molecule has 0 aliphatic heterocycles. The van der Waals surface area contributed by atoms with Gasteiger partial charge in [0.15, 0.2) is 5.60 Å². The standard InChI is InChI=1S/C40H54N4O16S2/c1-4-34(46)56-25-39(24-55-28-40(23-45,60-36(48)6-3)29-59-35(47)5-2,26-57-37(49)17-21-43-19-15-30-7-11-32(12-8-30)61(41,51)52)27-58-38(50)18-22-44-20-16-31-9-13-33(14-10-31)62(42,53)54/h4-14,43-45H,1-3,15-29H2,(H2,41,51,52)(H2,42,53,54). The molecule has 0 fully saturated rings. The Kier molecular flexibility index (Phi) is 22.3. The summed E-state index contributed by atoms with van der Waals surface area (Å²) < 4.78 is 78.6. The average molecular weight is 911 g/mol. The molecule has 7 N–H and O–H groups in total. The van der Waals surface area contributed by atoms with Gasteiger partial charge in [-0.25, -0.2) is 41.5 Å². The summed E-state index contributed by atoms with van der Waals surface area (Å²) in [5, 5.41) is 26.7. The summed E-state index contributed by atoms with van der Waals surface area (Å²) in [7, 11) is -7.66. The van der Waals surface area contributed by atoms with Crippen LogP contribution in [0.5, 0.6) is 0 Å². The minimum atomic E-state index is -3.83. The molecule has 0 radical (unpaired) electrons. The Bertz CT molecular complexity index is 1960. The van der Waals surface area contributed by atoms with Crippen molar-refractivity contribution in [2.75, 3.05) is 72.4 Å². The maximum absolute atomic E-state index is 13.0. The number of ether oxygens (including phenoxy) is 6. The molecule has 22 heteroatoms. The van der Waals surface area contributed by atoms with Gasteiger partial charge in [0.25, 0.3) is 0 Å². The minimum absolute atomic E-state index is 0.0237. The summed E-state index contributed by atoms with van der Waals surface area (Å²) in [5.74, 6) is -4.17. The van der Waals surface area contributed by atoms with Crippen molar-refractivity contribution >= 4 is 49.9 Å². The zero-order valence-electron chi connectivity index (χ0n) is 34.1. The van der Waals surface area contributed by atoms with Crippen LogP contribution < -0.4 is 20.9 Å². The van der Waals surface area contributed by atoms with Gasteiger partial charge in [-0.2, -0.15) is 0 Å². The molecule has 0 saturated heterocycles. The second kappa shape index (κ2) is 26.2. The largest absolute Gasteiger partial charge is 0.465 e. The van der Waals surface area contributed by atoms with Crippen LogP contribution in [0.3, 0.4) is 0 Å². The van der Waals surface area contributed by atoms with E-state index in [9.17, 15) is 45.9 Å². The Labute approximate surface area is 360 Å². The van der Waals surface area contributed by atoms with E-state index >= 15 is 0 Å². The summed E-state index contributed by atoms with van der Waals surface area (Å²) in [6.07, 6.45) is 3.27. The molecular weight excluding hydrogens is 857 g/mol. The summed E-state index contributed by atoms with van der Waals surface area (Å²) in [4.78, 5) is 62.2. The maximum atomic E-state index is 13.0. The highest BCUT2D eigenvalue weighted by molar-refractivity contribution is 7.89. The lowest BCUT2D eigenvalue weighted by Gasteiger charge is -2.35. The van der Waals surface area contributed by atoms with Gasteiger partial charge in [0.2, 0.25) is 20.0 Å². The highest BCUT2D eigenvalue weighted by atomic mass is 32.2. The molecule has 0 aliphatic rings. The predicted octanol–water partition coefficient (Wildman–Crippen LogP) is -0.266. The fourth-order valence-electron chi connectivity index (χ4n) is 5.13. The molecule has 0 bridgehead atoms. The van der Waals surface area contributed by atoms with Crippen LogP contribution in [-0.4, -0.2) is 130 Å². The molecule has 0 saturated carbocycles. The Morgan fingerprint density at radius 2 is 0.984 bits per heavy atom. The van der Waals surface area contributed by atoms with Gasteiger partial charge in [-0.3, -0.25) is 9.59 Å². The van der Waals surface area contributed by atoms with Gasteiger partial charge in [-0.1, -0.05) is 44.0 Å². The number of sulfonamides is 2. The quantitative estimate of drug-likeness (QED) is 0.0282. The van der Waals surface area contributed by atoms with Gasteiger partial charge >= 0.3 is 29.8 Å². The van der Waals surface area contributed by atoms with Crippen LogP contribution in [0.25, 0.3) is 0 Å². The van der Waals surface area contributed by atoms with Gasteiger partial charge in [0.05, 0.1) is 47.9 Å². The average Bonchev–Trinajstić information content (AvgIpc) is 3.24. The van der Waals surface area contributed by atoms with Crippen molar-refractivity contribution in [1.29, 1.82) is 0 Å². The van der Waals surface area contributed by atoms with Gasteiger partial charge in [0.1, 0.15) is 26.4 Å². The monoisotopic (exact) mass is 910 g/mol. The highest BCUT2D eigenvalue weighted by Gasteiger charge is 2.40. The molecule has 20 nitrogen and oxygen atoms in total. The number of hydrogen-bond acceptors (Lipinski definition) is 18. The van der Waals surface area contributed by atoms with Crippen LogP contribution in [0.1, 0.15) is 24.0 Å². The van der Waals surface area contributed by atoms with Crippen molar-refractivity contribution in [2.24, 2.45) is 15.7 Å². The molecular formula is C40H54N4O16S2. The number of esters is 5. The van der Waals surface area contributed by atoms with Crippen molar-refractivity contribution in [3.63, 3.8) is 0 Å². The predicted molar refractivity (Wildman–Crippen MR) is 222 cm³/mol. The zero-order valence-corrected chi connectivity index (χ0v) is 35.8. The van der Waals surface area contributed by atoms with Crippen LogP contribution >= 0.6 is 0 Å². The highest BCUT2D eigenvalue weighted by Crippen LogP contribution is 2.24. The van der Waals surface area contributed by atoms with Crippen LogP contribution in [0.4, 0.5) is 0 Å². The lowest BCUT2D eigenvalue weighted by Crippen LogP contribution is -2.50. The Balaban J connectivity index is 2.16. The van der Waals surface area contributed by atoms with Crippen LogP contribution in [0.2, 0.25) is 0 Å². The second-order valence-corrected chi connectivity index (χ2v) is 16.9. The first kappa shape index (κ1) is 52.8. The second-order valence-electron chi connectivity index (χ2n) is 13.8. The van der Waals surface area contributed by atoms with Gasteiger partial charge in [0, 0.05) is 31.3 Å². The molecule has 2 aromatic carbocycles. The fraction of sp³-hybridized carbons (Fsp3) is 0.425. The number of hydrogen-bond donors (Lipinski definition) is 5. The summed E-state index contributed by atoms with van der Waals surface area (Å²) in [6.45, 7) is 6.83. The number of benzene rings is 2. The number of primary sulfonamides is 2. The van der Waals surface area contributed by atoms with Crippen molar-refractivity contribution in [1.82, 2.24) is 10.6 Å². The molecule has 0 heterocycles. The molecule has 62 heavy (non-hydrogen) atoms. The summed E-state index contributed by atoms with van der Waals surface area (Å²) in [5.41, 5.74) is -1.93. The molecule has 0 aliphatic carbocycles. The van der Waals surface area contributed by atoms with Crippen molar-refractivity contribution in [2.45, 2.75) is 41.1 Å². The Morgan fingerprint density at radius 3 is 1.37 bits per heavy atom. The van der Waals surface area contributed by atoms with E-state index in [-0.39, 0.29) is 35.7 Å². The topological polar surface area (TPSA) is 305 Å². The Hall–Kier alpha value is -5.33. The van der Waals surface area contributed by atoms with Crippen LogP contribution in [0.15, 0.2) is 96.3 Å². The molecule has 0 amide bonds. The fourth-order valence-corrected chi connectivity index (χ4v) is 6.16. The lowest BCUT2D eigenvalue weighted by atomic mass is 9.92. The number of nitrogens with one attached hydrogen (secondary N) is 2. The van der Waals surface area contributed by atoms with Crippen molar-refractivity contribution in [3.05, 3.63) is 97.6 Å². The molecule has 1 atom stereocenters. The summed E-state index contributed by atoms with van der Waals surface area (Å²) in [6, 6.07) is 12.0. The third kappa shape index (κ3) is 20.0. The molecule has 2 aromatic rings. The van der Waals surface area contributed by atoms with E-state index in [0.29, 0.717) is 25.9 Å². The first-order chi connectivity index (χ1) is 29.3. The minimum Gasteiger partial charge on any atom is -0.465 e. The summed E-state index contributed by atoms with van der Waals surface area (Å²) >= 11 is 0. The Morgan fingerprint density at radius 1 is 0.581 bits per heavy atom. The van der Waals surface area contributed by atoms with E-state index < -0.39 is 107 Å². The lowest BCUT2D eigenvalue weighted by molar-refractivity contribution is -0.190. The molecule has 1 unspecified atom stereocenters. The van der Waals surface area contributed by atoms with Gasteiger partial charge in [-0.05, 0) is 61.3 Å². The van der Waals surface area contributed by atoms with Gasteiger partial charge < -0.3 is 44.2 Å². The van der Waals surface area contributed by atoms with Crippen molar-refractivity contribution in [3.8, 4) is 0 Å². The number of aliphatic hydroxyl groups is 1. The number of aliphatic hydroxyl groups excluding tert-OH is 1. The number of carbonyl (C=O) groups excluding carboxylic acids is 5. The molecule has 342 valence electrons.